The molecule has 1 saturated heterocycles. The van der Waals surface area contributed by atoms with Crippen molar-refractivity contribution in [1.29, 1.82) is 0 Å². The molecule has 2 aromatic rings. The summed E-state index contributed by atoms with van der Waals surface area (Å²) in [5.41, 5.74) is 1.98. The fourth-order valence-corrected chi connectivity index (χ4v) is 3.32. The molecule has 1 unspecified atom stereocenters. The zero-order chi connectivity index (χ0) is 16.1. The third-order valence-corrected chi connectivity index (χ3v) is 4.57. The van der Waals surface area contributed by atoms with Crippen LogP contribution in [0.15, 0.2) is 54.6 Å². The molecule has 120 valence electrons. The van der Waals surface area contributed by atoms with Gasteiger partial charge in [0.25, 0.3) is 5.91 Å². The molecule has 0 N–H and O–H groups in total. The topological polar surface area (TPSA) is 29.5 Å². The van der Waals surface area contributed by atoms with Crippen LogP contribution in [0.3, 0.4) is 0 Å². The van der Waals surface area contributed by atoms with Crippen molar-refractivity contribution >= 4 is 5.91 Å². The van der Waals surface area contributed by atoms with E-state index in [4.69, 9.17) is 4.74 Å². The summed E-state index contributed by atoms with van der Waals surface area (Å²) in [6.07, 6.45) is 3.36. The lowest BCUT2D eigenvalue weighted by Crippen LogP contribution is -2.34. The highest BCUT2D eigenvalue weighted by atomic mass is 16.5. The number of methoxy groups -OCH3 is 1. The molecular weight excluding hydrogens is 286 g/mol. The predicted molar refractivity (Wildman–Crippen MR) is 91.9 cm³/mol. The van der Waals surface area contributed by atoms with Gasteiger partial charge in [-0.1, -0.05) is 48.9 Å². The number of hydrogen-bond acceptors (Lipinski definition) is 2. The Kier molecular flexibility index (Phi) is 4.96. The van der Waals surface area contributed by atoms with Crippen molar-refractivity contribution in [2.45, 2.75) is 25.2 Å². The summed E-state index contributed by atoms with van der Waals surface area (Å²) in [6.45, 7) is 1.60. The van der Waals surface area contributed by atoms with Crippen molar-refractivity contribution in [3.05, 3.63) is 65.7 Å². The van der Waals surface area contributed by atoms with E-state index in [0.717, 1.165) is 32.4 Å². The molecular formula is C20H23NO2. The van der Waals surface area contributed by atoms with Crippen molar-refractivity contribution in [1.82, 2.24) is 4.90 Å². The fourth-order valence-electron chi connectivity index (χ4n) is 3.32. The van der Waals surface area contributed by atoms with Gasteiger partial charge in [-0.25, -0.2) is 0 Å². The molecule has 3 nitrogen and oxygen atoms in total. The fraction of sp³-hybridized carbons (Fsp3) is 0.350. The maximum Gasteiger partial charge on any atom is 0.257 e. The third kappa shape index (κ3) is 3.55. The van der Waals surface area contributed by atoms with Crippen LogP contribution in [0.25, 0.3) is 0 Å². The Labute approximate surface area is 137 Å². The van der Waals surface area contributed by atoms with Crippen LogP contribution in [0.1, 0.15) is 41.1 Å². The highest BCUT2D eigenvalue weighted by Gasteiger charge is 2.25. The lowest BCUT2D eigenvalue weighted by molar-refractivity contribution is 0.0751. The summed E-state index contributed by atoms with van der Waals surface area (Å²) in [5.74, 6) is 1.14. The van der Waals surface area contributed by atoms with Gasteiger partial charge in [-0.15, -0.1) is 0 Å². The Morgan fingerprint density at radius 3 is 2.57 bits per heavy atom. The Hall–Kier alpha value is -2.29. The summed E-state index contributed by atoms with van der Waals surface area (Å²) in [4.78, 5) is 14.9. The summed E-state index contributed by atoms with van der Waals surface area (Å²) in [7, 11) is 1.61. The molecule has 1 amide bonds. The van der Waals surface area contributed by atoms with Crippen molar-refractivity contribution < 1.29 is 9.53 Å². The van der Waals surface area contributed by atoms with Gasteiger partial charge in [-0.05, 0) is 30.5 Å². The summed E-state index contributed by atoms with van der Waals surface area (Å²) >= 11 is 0. The lowest BCUT2D eigenvalue weighted by Gasteiger charge is -2.25. The first-order valence-electron chi connectivity index (χ1n) is 8.27. The molecule has 1 heterocycles. The minimum atomic E-state index is 0.0743. The summed E-state index contributed by atoms with van der Waals surface area (Å²) in [5, 5.41) is 0. The first kappa shape index (κ1) is 15.6. The highest BCUT2D eigenvalue weighted by Crippen LogP contribution is 2.28. The van der Waals surface area contributed by atoms with Gasteiger partial charge in [0.05, 0.1) is 12.7 Å². The monoisotopic (exact) mass is 309 g/mol. The molecule has 23 heavy (non-hydrogen) atoms. The van der Waals surface area contributed by atoms with Crippen LogP contribution in [-0.2, 0) is 0 Å². The smallest absolute Gasteiger partial charge is 0.257 e. The summed E-state index contributed by atoms with van der Waals surface area (Å²) in [6, 6.07) is 18.0. The molecule has 1 fully saturated rings. The number of para-hydroxylation sites is 1. The van der Waals surface area contributed by atoms with Gasteiger partial charge in [0.15, 0.2) is 0 Å². The number of nitrogens with zero attached hydrogens (tertiary/aromatic N) is 1. The van der Waals surface area contributed by atoms with E-state index in [9.17, 15) is 4.79 Å². The van der Waals surface area contributed by atoms with Gasteiger partial charge < -0.3 is 9.64 Å². The van der Waals surface area contributed by atoms with Crippen molar-refractivity contribution in [3.8, 4) is 5.75 Å². The van der Waals surface area contributed by atoms with E-state index >= 15 is 0 Å². The molecule has 1 atom stereocenters. The van der Waals surface area contributed by atoms with Crippen LogP contribution in [0, 0.1) is 0 Å². The Morgan fingerprint density at radius 2 is 1.78 bits per heavy atom. The Bertz CT molecular complexity index is 654. The minimum Gasteiger partial charge on any atom is -0.496 e. The zero-order valence-electron chi connectivity index (χ0n) is 13.6. The first-order chi connectivity index (χ1) is 11.3. The van der Waals surface area contributed by atoms with E-state index in [1.165, 1.54) is 5.56 Å². The molecule has 0 aliphatic carbocycles. The molecule has 1 aliphatic rings. The molecule has 0 aromatic heterocycles. The molecule has 2 aromatic carbocycles. The van der Waals surface area contributed by atoms with E-state index < -0.39 is 0 Å². The van der Waals surface area contributed by atoms with Crippen LogP contribution in [0.5, 0.6) is 5.75 Å². The predicted octanol–water partition coefficient (Wildman–Crippen LogP) is 4.11. The average Bonchev–Trinajstić information content (AvgIpc) is 2.88. The number of carbonyl (C=O) groups is 1. The minimum absolute atomic E-state index is 0.0743. The van der Waals surface area contributed by atoms with Gasteiger partial charge >= 0.3 is 0 Å². The molecule has 0 bridgehead atoms. The maximum atomic E-state index is 13.0. The quantitative estimate of drug-likeness (QED) is 0.854. The molecule has 3 rings (SSSR count). The average molecular weight is 309 g/mol. The lowest BCUT2D eigenvalue weighted by atomic mass is 9.94. The number of ether oxygens (including phenoxy) is 1. The number of carbonyl (C=O) groups excluding carboxylic acids is 1. The molecule has 0 radical (unpaired) electrons. The standard InChI is InChI=1S/C20H23NO2/c1-23-19-13-6-5-12-18(19)20(22)21-14-8-7-11-17(15-21)16-9-3-2-4-10-16/h2-6,9-10,12-13,17H,7-8,11,14-15H2,1H3. The van der Waals surface area contributed by atoms with E-state index in [1.54, 1.807) is 7.11 Å². The van der Waals surface area contributed by atoms with Crippen molar-refractivity contribution in [2.24, 2.45) is 0 Å². The molecule has 0 spiro atoms. The second-order valence-electron chi connectivity index (χ2n) is 6.05. The Morgan fingerprint density at radius 1 is 1.04 bits per heavy atom. The van der Waals surface area contributed by atoms with Gasteiger partial charge in [0, 0.05) is 19.0 Å². The number of benzene rings is 2. The van der Waals surface area contributed by atoms with E-state index in [-0.39, 0.29) is 5.91 Å². The number of likely N-dealkylation sites (tertiary alicyclic amines) is 1. The normalized spacial score (nSPS) is 18.3. The Balaban J connectivity index is 1.82. The maximum absolute atomic E-state index is 13.0. The SMILES string of the molecule is COc1ccccc1C(=O)N1CCCCC(c2ccccc2)C1. The largest absolute Gasteiger partial charge is 0.496 e. The molecule has 1 aliphatic heterocycles. The zero-order valence-corrected chi connectivity index (χ0v) is 13.6. The van der Waals surface area contributed by atoms with Gasteiger partial charge in [0.2, 0.25) is 0 Å². The van der Waals surface area contributed by atoms with E-state index in [2.05, 4.69) is 24.3 Å². The third-order valence-electron chi connectivity index (χ3n) is 4.57. The van der Waals surface area contributed by atoms with Crippen LogP contribution in [0.2, 0.25) is 0 Å². The van der Waals surface area contributed by atoms with Gasteiger partial charge in [0.1, 0.15) is 5.75 Å². The van der Waals surface area contributed by atoms with Crippen molar-refractivity contribution in [3.63, 3.8) is 0 Å². The van der Waals surface area contributed by atoms with Gasteiger partial charge in [-0.2, -0.15) is 0 Å². The second kappa shape index (κ2) is 7.32. The van der Waals surface area contributed by atoms with Gasteiger partial charge in [-0.3, -0.25) is 4.79 Å². The van der Waals surface area contributed by atoms with Crippen LogP contribution < -0.4 is 4.74 Å². The molecule has 0 saturated carbocycles. The van der Waals surface area contributed by atoms with Crippen LogP contribution >= 0.6 is 0 Å². The number of rotatable bonds is 3. The first-order valence-corrected chi connectivity index (χ1v) is 8.27. The summed E-state index contributed by atoms with van der Waals surface area (Å²) < 4.78 is 5.35. The molecule has 3 heteroatoms. The van der Waals surface area contributed by atoms with E-state index in [0.29, 0.717) is 17.2 Å². The second-order valence-corrected chi connectivity index (χ2v) is 6.05. The van der Waals surface area contributed by atoms with Crippen LogP contribution in [-0.4, -0.2) is 31.0 Å². The highest BCUT2D eigenvalue weighted by molar-refractivity contribution is 5.97. The van der Waals surface area contributed by atoms with Crippen molar-refractivity contribution in [2.75, 3.05) is 20.2 Å². The van der Waals surface area contributed by atoms with E-state index in [1.807, 2.05) is 35.2 Å². The number of hydrogen-bond donors (Lipinski definition) is 0. The van der Waals surface area contributed by atoms with Crippen LogP contribution in [0.4, 0.5) is 0 Å². The number of amides is 1.